The summed E-state index contributed by atoms with van der Waals surface area (Å²) < 4.78 is 6.15. The fraction of sp³-hybridized carbons (Fsp3) is 0.259. The number of aliphatic hydroxyl groups is 2. The number of ether oxygens (including phenoxy) is 1. The van der Waals surface area contributed by atoms with Crippen LogP contribution in [0.3, 0.4) is 0 Å². The van der Waals surface area contributed by atoms with Gasteiger partial charge in [-0.3, -0.25) is 9.59 Å². The predicted molar refractivity (Wildman–Crippen MR) is 126 cm³/mol. The summed E-state index contributed by atoms with van der Waals surface area (Å²) in [5.74, 6) is 9.88. The first-order valence-electron chi connectivity index (χ1n) is 11.1. The van der Waals surface area contributed by atoms with Gasteiger partial charge in [-0.15, -0.1) is 0 Å². The number of epoxide rings is 1. The molecule has 35 heavy (non-hydrogen) atoms. The van der Waals surface area contributed by atoms with Gasteiger partial charge in [0.05, 0.1) is 22.9 Å². The Hall–Kier alpha value is -4.08. The number of aliphatic hydroxyl groups excluding tert-OH is 2. The number of benzene rings is 2. The van der Waals surface area contributed by atoms with Crippen LogP contribution < -0.4 is 10.6 Å². The molecule has 1 fully saturated rings. The molecule has 8 nitrogen and oxygen atoms in total. The molecule has 1 unspecified atom stereocenters. The maximum atomic E-state index is 13.8. The van der Waals surface area contributed by atoms with Crippen LogP contribution in [0.2, 0.25) is 0 Å². The molecule has 6 rings (SSSR count). The summed E-state index contributed by atoms with van der Waals surface area (Å²) in [6.45, 7) is 1.52. The van der Waals surface area contributed by atoms with E-state index in [-0.39, 0.29) is 33.5 Å². The summed E-state index contributed by atoms with van der Waals surface area (Å²) in [4.78, 5) is 27.2. The van der Waals surface area contributed by atoms with Gasteiger partial charge in [0, 0.05) is 29.4 Å². The quantitative estimate of drug-likeness (QED) is 0.216. The zero-order valence-corrected chi connectivity index (χ0v) is 18.8. The first kappa shape index (κ1) is 21.5. The Balaban J connectivity index is 1.67. The van der Waals surface area contributed by atoms with Crippen molar-refractivity contribution in [2.75, 3.05) is 17.7 Å². The highest BCUT2D eigenvalue weighted by molar-refractivity contribution is 6.31. The van der Waals surface area contributed by atoms with Crippen LogP contribution in [0.5, 0.6) is 5.75 Å². The summed E-state index contributed by atoms with van der Waals surface area (Å²) in [5.41, 5.74) is -1.67. The van der Waals surface area contributed by atoms with Gasteiger partial charge < -0.3 is 30.7 Å². The molecule has 2 heterocycles. The molecule has 5 atom stereocenters. The second-order valence-corrected chi connectivity index (χ2v) is 8.93. The maximum absolute atomic E-state index is 13.8. The van der Waals surface area contributed by atoms with Crippen LogP contribution in [-0.4, -0.2) is 57.8 Å². The molecule has 2 aromatic carbocycles. The van der Waals surface area contributed by atoms with Crippen molar-refractivity contribution in [3.05, 3.63) is 64.2 Å². The van der Waals surface area contributed by atoms with Crippen molar-refractivity contribution in [1.29, 1.82) is 0 Å². The second kappa shape index (κ2) is 6.97. The van der Waals surface area contributed by atoms with Crippen molar-refractivity contribution in [1.82, 2.24) is 0 Å². The van der Waals surface area contributed by atoms with Crippen LogP contribution in [0.15, 0.2) is 36.4 Å². The van der Waals surface area contributed by atoms with E-state index >= 15 is 0 Å². The normalized spacial score (nSPS) is 30.4. The summed E-state index contributed by atoms with van der Waals surface area (Å²) in [7, 11) is 1.70. The smallest absolute Gasteiger partial charge is 0.198 e. The number of fused-ring (bicyclic) bond motifs is 4. The highest BCUT2D eigenvalue weighted by Crippen LogP contribution is 2.67. The first-order valence-corrected chi connectivity index (χ1v) is 11.1. The SMILES string of the molecule is CNc1ccc2c(c1)C(=O)c1c3c(cc(O)c1C2=O)[C@@]12O[C@]1(C(C)O)[C@H](C#C/C=C\C#C[C@H]2O)N3. The van der Waals surface area contributed by atoms with Crippen LogP contribution >= 0.6 is 0 Å². The lowest BCUT2D eigenvalue weighted by Crippen LogP contribution is -2.54. The summed E-state index contributed by atoms with van der Waals surface area (Å²) >= 11 is 0. The van der Waals surface area contributed by atoms with Crippen LogP contribution in [0.4, 0.5) is 11.4 Å². The van der Waals surface area contributed by atoms with Crippen molar-refractivity contribution in [2.45, 2.75) is 36.4 Å². The van der Waals surface area contributed by atoms with Crippen molar-refractivity contribution >= 4 is 22.9 Å². The minimum atomic E-state index is -1.58. The third-order valence-corrected chi connectivity index (χ3v) is 7.25. The van der Waals surface area contributed by atoms with E-state index in [1.165, 1.54) is 25.1 Å². The summed E-state index contributed by atoms with van der Waals surface area (Å²) in [5, 5.41) is 39.1. The Bertz CT molecular complexity index is 1520. The minimum Gasteiger partial charge on any atom is -0.507 e. The van der Waals surface area contributed by atoms with Gasteiger partial charge >= 0.3 is 0 Å². The third kappa shape index (κ3) is 2.48. The van der Waals surface area contributed by atoms with Crippen molar-refractivity contribution in [3.8, 4) is 29.4 Å². The van der Waals surface area contributed by atoms with Crippen LogP contribution in [0, 0.1) is 23.7 Å². The number of hydrogen-bond acceptors (Lipinski definition) is 8. The molecule has 174 valence electrons. The van der Waals surface area contributed by atoms with E-state index in [1.54, 1.807) is 25.2 Å². The summed E-state index contributed by atoms with van der Waals surface area (Å²) in [6, 6.07) is 5.27. The van der Waals surface area contributed by atoms with E-state index in [2.05, 4.69) is 34.3 Å². The number of hydrogen-bond donors (Lipinski definition) is 5. The standard InChI is InChI=1S/C27H20N2O6/c1-13(30)26-19-7-5-3-4-6-8-20(32)27(26,35-26)17-12-18(31)21-22(23(17)29-19)25(34)16-11-14(28-2)9-10-15(16)24(21)33/h3-4,9-13,19-20,28-32H,1-2H3/b4-3-/t13?,19-,20+,26+,27-/m0/s1. The Morgan fingerprint density at radius 3 is 2.51 bits per heavy atom. The largest absolute Gasteiger partial charge is 0.507 e. The van der Waals surface area contributed by atoms with E-state index in [0.717, 1.165) is 0 Å². The molecule has 0 aromatic heterocycles. The highest BCUT2D eigenvalue weighted by Gasteiger charge is 2.82. The third-order valence-electron chi connectivity index (χ3n) is 7.25. The van der Waals surface area contributed by atoms with Gasteiger partial charge in [-0.05, 0) is 43.3 Å². The van der Waals surface area contributed by atoms with Gasteiger partial charge in [0.1, 0.15) is 11.8 Å². The molecule has 1 saturated heterocycles. The number of allylic oxidation sites excluding steroid dienone is 2. The van der Waals surface area contributed by atoms with Crippen molar-refractivity contribution < 1.29 is 29.6 Å². The average molecular weight is 468 g/mol. The molecule has 0 radical (unpaired) electrons. The fourth-order valence-electron chi connectivity index (χ4n) is 5.60. The molecule has 8 heteroatoms. The Morgan fingerprint density at radius 2 is 1.80 bits per heavy atom. The molecule has 5 N–H and O–H groups in total. The Morgan fingerprint density at radius 1 is 1.09 bits per heavy atom. The first-order chi connectivity index (χ1) is 16.8. The zero-order chi connectivity index (χ0) is 24.7. The molecular formula is C27H20N2O6. The fourth-order valence-corrected chi connectivity index (χ4v) is 5.60. The number of anilines is 2. The van der Waals surface area contributed by atoms with Crippen molar-refractivity contribution in [2.24, 2.45) is 0 Å². The van der Waals surface area contributed by atoms with E-state index < -0.39 is 46.8 Å². The van der Waals surface area contributed by atoms with E-state index in [0.29, 0.717) is 5.69 Å². The molecular weight excluding hydrogens is 448 g/mol. The number of phenols is 1. The molecule has 2 aliphatic carbocycles. The van der Waals surface area contributed by atoms with E-state index in [9.17, 15) is 24.9 Å². The average Bonchev–Trinajstić information content (AvgIpc) is 3.57. The topological polar surface area (TPSA) is 131 Å². The molecule has 0 spiro atoms. The lowest BCUT2D eigenvalue weighted by atomic mass is 9.69. The Labute approximate surface area is 200 Å². The number of carbonyl (C=O) groups excluding carboxylic acids is 2. The summed E-state index contributed by atoms with van der Waals surface area (Å²) in [6.07, 6.45) is 0.486. The maximum Gasteiger partial charge on any atom is 0.198 e. The molecule has 4 aliphatic rings. The number of phenolic OH excluding ortho intramolecular Hbond substituents is 1. The number of carbonyl (C=O) groups is 2. The molecule has 2 bridgehead atoms. The zero-order valence-electron chi connectivity index (χ0n) is 18.8. The predicted octanol–water partition coefficient (Wildman–Crippen LogP) is 1.29. The number of rotatable bonds is 2. The van der Waals surface area contributed by atoms with Crippen molar-refractivity contribution in [3.63, 3.8) is 0 Å². The van der Waals surface area contributed by atoms with Crippen LogP contribution in [0.25, 0.3) is 0 Å². The monoisotopic (exact) mass is 468 g/mol. The molecule has 0 amide bonds. The molecule has 0 saturated carbocycles. The number of aromatic hydroxyl groups is 1. The van der Waals surface area contributed by atoms with E-state index in [4.69, 9.17) is 4.74 Å². The molecule has 2 aromatic rings. The highest BCUT2D eigenvalue weighted by atomic mass is 16.7. The lowest BCUT2D eigenvalue weighted by molar-refractivity contribution is 0.0867. The van der Waals surface area contributed by atoms with Gasteiger partial charge in [-0.2, -0.15) is 0 Å². The van der Waals surface area contributed by atoms with Gasteiger partial charge in [-0.1, -0.05) is 23.7 Å². The minimum absolute atomic E-state index is 0.0284. The van der Waals surface area contributed by atoms with Gasteiger partial charge in [0.15, 0.2) is 28.9 Å². The second-order valence-electron chi connectivity index (χ2n) is 8.93. The molecule has 2 aliphatic heterocycles. The van der Waals surface area contributed by atoms with Gasteiger partial charge in [0.2, 0.25) is 0 Å². The number of nitrogens with one attached hydrogen (secondary N) is 2. The van der Waals surface area contributed by atoms with Gasteiger partial charge in [-0.25, -0.2) is 0 Å². The van der Waals surface area contributed by atoms with Crippen LogP contribution in [-0.2, 0) is 10.3 Å². The Kier molecular flexibility index (Phi) is 4.27. The lowest BCUT2D eigenvalue weighted by Gasteiger charge is -2.37. The number of ketones is 2. The van der Waals surface area contributed by atoms with Gasteiger partial charge in [0.25, 0.3) is 0 Å². The van der Waals surface area contributed by atoms with E-state index in [1.807, 2.05) is 0 Å². The van der Waals surface area contributed by atoms with Crippen LogP contribution in [0.1, 0.15) is 44.3 Å².